The van der Waals surface area contributed by atoms with Crippen molar-refractivity contribution in [1.82, 2.24) is 20.0 Å². The second kappa shape index (κ2) is 7.74. The Morgan fingerprint density at radius 3 is 2.40 bits per heavy atom. The van der Waals surface area contributed by atoms with Crippen molar-refractivity contribution < 1.29 is 9.59 Å². The summed E-state index contributed by atoms with van der Waals surface area (Å²) in [6, 6.07) is 13.6. The molecule has 1 atom stereocenters. The van der Waals surface area contributed by atoms with Crippen LogP contribution in [0.3, 0.4) is 0 Å². The number of aromatic nitrogens is 2. The first-order chi connectivity index (χ1) is 12.2. The molecule has 7 heteroatoms. The van der Waals surface area contributed by atoms with Crippen LogP contribution in [-0.2, 0) is 4.79 Å². The number of hydrogen-bond donors (Lipinski definition) is 1. The number of benzene rings is 1. The van der Waals surface area contributed by atoms with E-state index in [9.17, 15) is 9.59 Å². The zero-order chi connectivity index (χ0) is 17.6. The predicted octanol–water partition coefficient (Wildman–Crippen LogP) is 1.56. The Morgan fingerprint density at radius 2 is 1.80 bits per heavy atom. The molecule has 1 aromatic heterocycles. The highest BCUT2D eigenvalue weighted by molar-refractivity contribution is 5.92. The van der Waals surface area contributed by atoms with Crippen LogP contribution >= 0.6 is 0 Å². The predicted molar refractivity (Wildman–Crippen MR) is 94.1 cm³/mol. The van der Waals surface area contributed by atoms with Gasteiger partial charge in [0.2, 0.25) is 6.41 Å². The maximum atomic E-state index is 12.4. The Labute approximate surface area is 146 Å². The number of hydrogen-bond acceptors (Lipinski definition) is 5. The normalized spacial score (nSPS) is 15.6. The Hall–Kier alpha value is -2.96. The Kier molecular flexibility index (Phi) is 5.23. The monoisotopic (exact) mass is 339 g/mol. The highest BCUT2D eigenvalue weighted by Crippen LogP contribution is 2.17. The molecule has 0 radical (unpaired) electrons. The van der Waals surface area contributed by atoms with Crippen molar-refractivity contribution in [2.45, 2.75) is 13.0 Å². The van der Waals surface area contributed by atoms with E-state index in [4.69, 9.17) is 0 Å². The summed E-state index contributed by atoms with van der Waals surface area (Å²) in [5, 5.41) is 11.4. The lowest BCUT2D eigenvalue weighted by molar-refractivity contribution is -0.119. The van der Waals surface area contributed by atoms with Crippen LogP contribution < -0.4 is 5.32 Å². The summed E-state index contributed by atoms with van der Waals surface area (Å²) in [5.41, 5.74) is 1.47. The molecule has 0 spiro atoms. The molecule has 3 rings (SSSR count). The fourth-order valence-corrected chi connectivity index (χ4v) is 2.76. The summed E-state index contributed by atoms with van der Waals surface area (Å²) in [5.74, 6) is 0.472. The number of nitrogens with one attached hydrogen (secondary N) is 1. The van der Waals surface area contributed by atoms with Gasteiger partial charge in [0, 0.05) is 32.2 Å². The first-order valence-electron chi connectivity index (χ1n) is 8.31. The lowest BCUT2D eigenvalue weighted by Crippen LogP contribution is -2.48. The molecule has 1 N–H and O–H groups in total. The van der Waals surface area contributed by atoms with Gasteiger partial charge in [-0.15, -0.1) is 10.2 Å². The van der Waals surface area contributed by atoms with Crippen LogP contribution in [0.1, 0.15) is 29.0 Å². The van der Waals surface area contributed by atoms with Crippen LogP contribution in [-0.4, -0.2) is 58.5 Å². The van der Waals surface area contributed by atoms with Gasteiger partial charge in [0.05, 0.1) is 0 Å². The molecule has 0 aliphatic carbocycles. The quantitative estimate of drug-likeness (QED) is 0.837. The molecule has 0 saturated carbocycles. The van der Waals surface area contributed by atoms with E-state index in [-0.39, 0.29) is 11.9 Å². The van der Waals surface area contributed by atoms with Crippen LogP contribution in [0.25, 0.3) is 0 Å². The smallest absolute Gasteiger partial charge is 0.274 e. The van der Waals surface area contributed by atoms with Gasteiger partial charge < -0.3 is 15.1 Å². The maximum absolute atomic E-state index is 12.4. The van der Waals surface area contributed by atoms with Crippen molar-refractivity contribution in [2.75, 3.05) is 31.5 Å². The van der Waals surface area contributed by atoms with E-state index in [1.165, 1.54) is 0 Å². The van der Waals surface area contributed by atoms with E-state index >= 15 is 0 Å². The average Bonchev–Trinajstić information content (AvgIpc) is 2.69. The molecule has 2 amide bonds. The molecule has 2 aromatic rings. The summed E-state index contributed by atoms with van der Waals surface area (Å²) in [6.07, 6.45) is 0.815. The molecule has 1 aliphatic heterocycles. The number of amides is 2. The van der Waals surface area contributed by atoms with Crippen molar-refractivity contribution in [2.24, 2.45) is 0 Å². The second-order valence-electron chi connectivity index (χ2n) is 6.01. The first kappa shape index (κ1) is 16.9. The molecular weight excluding hydrogens is 318 g/mol. The van der Waals surface area contributed by atoms with Gasteiger partial charge in [-0.3, -0.25) is 9.59 Å². The van der Waals surface area contributed by atoms with Gasteiger partial charge in [0.1, 0.15) is 5.82 Å². The Balaban J connectivity index is 1.60. The SMILES string of the molecule is CC(Nc1ccc(C(=O)N2CCN(C=O)CC2)nn1)c1ccccc1. The van der Waals surface area contributed by atoms with Crippen molar-refractivity contribution in [3.05, 3.63) is 53.7 Å². The number of anilines is 1. The van der Waals surface area contributed by atoms with Crippen LogP contribution in [0.5, 0.6) is 0 Å². The number of nitrogens with zero attached hydrogens (tertiary/aromatic N) is 4. The highest BCUT2D eigenvalue weighted by atomic mass is 16.2. The fourth-order valence-electron chi connectivity index (χ4n) is 2.76. The highest BCUT2D eigenvalue weighted by Gasteiger charge is 2.22. The van der Waals surface area contributed by atoms with Gasteiger partial charge in [-0.1, -0.05) is 30.3 Å². The molecule has 1 aliphatic rings. The number of piperazine rings is 1. The molecule has 1 unspecified atom stereocenters. The third-order valence-corrected chi connectivity index (χ3v) is 4.30. The van der Waals surface area contributed by atoms with E-state index in [1.54, 1.807) is 21.9 Å². The lowest BCUT2D eigenvalue weighted by atomic mass is 10.1. The minimum Gasteiger partial charge on any atom is -0.362 e. The van der Waals surface area contributed by atoms with Gasteiger partial charge >= 0.3 is 0 Å². The summed E-state index contributed by atoms with van der Waals surface area (Å²) < 4.78 is 0. The summed E-state index contributed by atoms with van der Waals surface area (Å²) in [4.78, 5) is 26.5. The average molecular weight is 339 g/mol. The van der Waals surface area contributed by atoms with E-state index in [1.807, 2.05) is 37.3 Å². The number of carbonyl (C=O) groups excluding carboxylic acids is 2. The molecule has 2 heterocycles. The second-order valence-corrected chi connectivity index (χ2v) is 6.01. The summed E-state index contributed by atoms with van der Waals surface area (Å²) >= 11 is 0. The van der Waals surface area contributed by atoms with Crippen LogP contribution in [0, 0.1) is 0 Å². The van der Waals surface area contributed by atoms with Crippen molar-refractivity contribution in [1.29, 1.82) is 0 Å². The van der Waals surface area contributed by atoms with Gasteiger partial charge in [-0.05, 0) is 24.6 Å². The standard InChI is InChI=1S/C18H21N5O2/c1-14(15-5-3-2-4-6-15)19-17-8-7-16(20-21-17)18(25)23-11-9-22(13-24)10-12-23/h2-8,13-14H,9-12H2,1H3,(H,19,21). The Bertz CT molecular complexity index is 712. The van der Waals surface area contributed by atoms with E-state index in [2.05, 4.69) is 15.5 Å². The largest absolute Gasteiger partial charge is 0.362 e. The summed E-state index contributed by atoms with van der Waals surface area (Å²) in [6.45, 7) is 4.19. The van der Waals surface area contributed by atoms with Gasteiger partial charge in [-0.2, -0.15) is 0 Å². The molecule has 7 nitrogen and oxygen atoms in total. The molecule has 1 fully saturated rings. The molecule has 0 bridgehead atoms. The van der Waals surface area contributed by atoms with Crippen molar-refractivity contribution in [3.63, 3.8) is 0 Å². The number of rotatable bonds is 5. The van der Waals surface area contributed by atoms with Crippen molar-refractivity contribution >= 4 is 18.1 Å². The first-order valence-corrected chi connectivity index (χ1v) is 8.31. The lowest BCUT2D eigenvalue weighted by Gasteiger charge is -2.32. The topological polar surface area (TPSA) is 78.4 Å². The van der Waals surface area contributed by atoms with E-state index in [0.717, 1.165) is 12.0 Å². The Morgan fingerprint density at radius 1 is 1.08 bits per heavy atom. The number of carbonyl (C=O) groups is 2. The molecular formula is C18H21N5O2. The third-order valence-electron chi connectivity index (χ3n) is 4.30. The van der Waals surface area contributed by atoms with E-state index < -0.39 is 0 Å². The maximum Gasteiger partial charge on any atom is 0.274 e. The van der Waals surface area contributed by atoms with E-state index in [0.29, 0.717) is 37.7 Å². The molecule has 130 valence electrons. The van der Waals surface area contributed by atoms with Gasteiger partial charge in [0.25, 0.3) is 5.91 Å². The van der Waals surface area contributed by atoms with Crippen LogP contribution in [0.4, 0.5) is 5.82 Å². The molecule has 1 saturated heterocycles. The third kappa shape index (κ3) is 4.12. The van der Waals surface area contributed by atoms with Crippen LogP contribution in [0.15, 0.2) is 42.5 Å². The fraction of sp³-hybridized carbons (Fsp3) is 0.333. The zero-order valence-electron chi connectivity index (χ0n) is 14.1. The molecule has 25 heavy (non-hydrogen) atoms. The van der Waals surface area contributed by atoms with Crippen LogP contribution in [0.2, 0.25) is 0 Å². The summed E-state index contributed by atoms with van der Waals surface area (Å²) in [7, 11) is 0. The minimum atomic E-state index is -0.152. The van der Waals surface area contributed by atoms with Crippen molar-refractivity contribution in [3.8, 4) is 0 Å². The minimum absolute atomic E-state index is 0.0912. The van der Waals surface area contributed by atoms with Gasteiger partial charge in [-0.25, -0.2) is 0 Å². The zero-order valence-corrected chi connectivity index (χ0v) is 14.1. The van der Waals surface area contributed by atoms with Gasteiger partial charge in [0.15, 0.2) is 5.69 Å². The molecule has 1 aromatic carbocycles.